The normalized spacial score (nSPS) is 20.9. The number of rotatable bonds is 6. The van der Waals surface area contributed by atoms with E-state index in [4.69, 9.17) is 18.9 Å². The van der Waals surface area contributed by atoms with E-state index < -0.39 is 5.79 Å². The van der Waals surface area contributed by atoms with Gasteiger partial charge in [-0.25, -0.2) is 0 Å². The van der Waals surface area contributed by atoms with E-state index in [1.54, 1.807) is 14.2 Å². The Morgan fingerprint density at radius 3 is 2.65 bits per heavy atom. The van der Waals surface area contributed by atoms with Crippen LogP contribution < -0.4 is 9.47 Å². The van der Waals surface area contributed by atoms with Gasteiger partial charge in [0.25, 0.3) is 0 Å². The summed E-state index contributed by atoms with van der Waals surface area (Å²) in [5, 5.41) is 0. The first-order chi connectivity index (χ1) is 9.54. The molecule has 2 rings (SSSR count). The van der Waals surface area contributed by atoms with Gasteiger partial charge in [0.2, 0.25) is 0 Å². The van der Waals surface area contributed by atoms with Gasteiger partial charge in [-0.2, -0.15) is 0 Å². The molecule has 20 heavy (non-hydrogen) atoms. The highest BCUT2D eigenvalue weighted by molar-refractivity contribution is 5.40. The van der Waals surface area contributed by atoms with Crippen LogP contribution in [0.5, 0.6) is 11.5 Å². The van der Waals surface area contributed by atoms with Gasteiger partial charge in [0.1, 0.15) is 11.5 Å². The van der Waals surface area contributed by atoms with Crippen LogP contribution in [0.2, 0.25) is 0 Å². The Bertz CT molecular complexity index is 442. The molecule has 0 aromatic heterocycles. The smallest absolute Gasteiger partial charge is 0.163 e. The standard InChI is InChI=1S/C16H24O4/c1-16(2)19-11-14(20-16)7-5-6-12-10-13(17-3)8-9-15(12)18-4/h8-10,14H,5-7,11H2,1-4H3. The monoisotopic (exact) mass is 280 g/mol. The summed E-state index contributed by atoms with van der Waals surface area (Å²) in [4.78, 5) is 0. The van der Waals surface area contributed by atoms with E-state index in [1.165, 1.54) is 5.56 Å². The summed E-state index contributed by atoms with van der Waals surface area (Å²) in [6.45, 7) is 4.60. The molecule has 1 fully saturated rings. The average Bonchev–Trinajstić information content (AvgIpc) is 2.78. The molecule has 1 aromatic rings. The van der Waals surface area contributed by atoms with Crippen LogP contribution in [0.15, 0.2) is 18.2 Å². The minimum absolute atomic E-state index is 0.196. The predicted octanol–water partition coefficient (Wildman–Crippen LogP) is 3.18. The van der Waals surface area contributed by atoms with E-state index >= 15 is 0 Å². The molecule has 1 aromatic carbocycles. The third kappa shape index (κ3) is 3.87. The second kappa shape index (κ2) is 6.46. The highest BCUT2D eigenvalue weighted by Gasteiger charge is 2.32. The van der Waals surface area contributed by atoms with Gasteiger partial charge in [0.05, 0.1) is 26.9 Å². The Morgan fingerprint density at radius 1 is 1.25 bits per heavy atom. The first-order valence-electron chi connectivity index (χ1n) is 7.07. The van der Waals surface area contributed by atoms with Crippen molar-refractivity contribution in [1.29, 1.82) is 0 Å². The van der Waals surface area contributed by atoms with Crippen molar-refractivity contribution in [3.63, 3.8) is 0 Å². The molecule has 4 heteroatoms. The van der Waals surface area contributed by atoms with Gasteiger partial charge < -0.3 is 18.9 Å². The maximum atomic E-state index is 5.81. The first kappa shape index (κ1) is 15.1. The SMILES string of the molecule is COc1ccc(OC)c(CCCC2COC(C)(C)O2)c1. The van der Waals surface area contributed by atoms with Crippen molar-refractivity contribution >= 4 is 0 Å². The van der Waals surface area contributed by atoms with Crippen molar-refractivity contribution < 1.29 is 18.9 Å². The molecule has 0 spiro atoms. The van der Waals surface area contributed by atoms with Crippen LogP contribution in [0, 0.1) is 0 Å². The Labute approximate surface area is 121 Å². The third-order valence-electron chi connectivity index (χ3n) is 3.53. The fraction of sp³-hybridized carbons (Fsp3) is 0.625. The molecule has 0 N–H and O–H groups in total. The van der Waals surface area contributed by atoms with E-state index in [0.29, 0.717) is 6.61 Å². The minimum atomic E-state index is -0.432. The minimum Gasteiger partial charge on any atom is -0.497 e. The van der Waals surface area contributed by atoms with Crippen LogP contribution in [0.4, 0.5) is 0 Å². The zero-order chi connectivity index (χ0) is 14.6. The summed E-state index contributed by atoms with van der Waals surface area (Å²) in [6, 6.07) is 5.90. The van der Waals surface area contributed by atoms with Crippen LogP contribution >= 0.6 is 0 Å². The van der Waals surface area contributed by atoms with Crippen LogP contribution in [0.3, 0.4) is 0 Å². The second-order valence-corrected chi connectivity index (χ2v) is 5.52. The lowest BCUT2D eigenvalue weighted by Crippen LogP contribution is -2.21. The van der Waals surface area contributed by atoms with E-state index in [1.807, 2.05) is 32.0 Å². The third-order valence-corrected chi connectivity index (χ3v) is 3.53. The van der Waals surface area contributed by atoms with Gasteiger partial charge in [0.15, 0.2) is 5.79 Å². The summed E-state index contributed by atoms with van der Waals surface area (Å²) in [7, 11) is 3.37. The Kier molecular flexibility index (Phi) is 4.89. The molecular formula is C16H24O4. The van der Waals surface area contributed by atoms with Gasteiger partial charge in [-0.3, -0.25) is 0 Å². The van der Waals surface area contributed by atoms with E-state index in [9.17, 15) is 0 Å². The molecule has 4 nitrogen and oxygen atoms in total. The maximum absolute atomic E-state index is 5.81. The number of ether oxygens (including phenoxy) is 4. The molecule has 1 unspecified atom stereocenters. The van der Waals surface area contributed by atoms with Crippen molar-refractivity contribution in [2.45, 2.75) is 45.0 Å². The highest BCUT2D eigenvalue weighted by atomic mass is 16.7. The molecule has 1 aliphatic heterocycles. The van der Waals surface area contributed by atoms with E-state index in [0.717, 1.165) is 30.8 Å². The summed E-state index contributed by atoms with van der Waals surface area (Å²) < 4.78 is 22.0. The quantitative estimate of drug-likeness (QED) is 0.802. The molecule has 1 heterocycles. The zero-order valence-electron chi connectivity index (χ0n) is 12.8. The van der Waals surface area contributed by atoms with Crippen molar-refractivity contribution in [2.24, 2.45) is 0 Å². The number of methoxy groups -OCH3 is 2. The van der Waals surface area contributed by atoms with E-state index in [2.05, 4.69) is 0 Å². The molecule has 1 saturated heterocycles. The average molecular weight is 280 g/mol. The molecular weight excluding hydrogens is 256 g/mol. The predicted molar refractivity (Wildman–Crippen MR) is 77.4 cm³/mol. The fourth-order valence-electron chi connectivity index (χ4n) is 2.50. The lowest BCUT2D eigenvalue weighted by atomic mass is 10.0. The molecule has 112 valence electrons. The Morgan fingerprint density at radius 2 is 2.05 bits per heavy atom. The lowest BCUT2D eigenvalue weighted by molar-refractivity contribution is -0.139. The largest absolute Gasteiger partial charge is 0.497 e. The van der Waals surface area contributed by atoms with Crippen molar-refractivity contribution in [1.82, 2.24) is 0 Å². The fourth-order valence-corrected chi connectivity index (χ4v) is 2.50. The number of hydrogen-bond donors (Lipinski definition) is 0. The molecule has 0 amide bonds. The Hall–Kier alpha value is -1.26. The number of aryl methyl sites for hydroxylation is 1. The van der Waals surface area contributed by atoms with Crippen molar-refractivity contribution in [3.8, 4) is 11.5 Å². The summed E-state index contributed by atoms with van der Waals surface area (Å²) in [5.74, 6) is 1.34. The number of benzene rings is 1. The van der Waals surface area contributed by atoms with Crippen LogP contribution in [0.1, 0.15) is 32.3 Å². The van der Waals surface area contributed by atoms with Crippen LogP contribution in [0.25, 0.3) is 0 Å². The molecule has 1 atom stereocenters. The molecule has 0 saturated carbocycles. The Balaban J connectivity index is 1.87. The van der Waals surface area contributed by atoms with Gasteiger partial charge in [-0.1, -0.05) is 0 Å². The van der Waals surface area contributed by atoms with Gasteiger partial charge in [-0.05, 0) is 56.9 Å². The second-order valence-electron chi connectivity index (χ2n) is 5.52. The zero-order valence-corrected chi connectivity index (χ0v) is 12.8. The van der Waals surface area contributed by atoms with Gasteiger partial charge in [-0.15, -0.1) is 0 Å². The van der Waals surface area contributed by atoms with Gasteiger partial charge in [0, 0.05) is 0 Å². The molecule has 0 bridgehead atoms. The molecule has 0 aliphatic carbocycles. The molecule has 1 aliphatic rings. The van der Waals surface area contributed by atoms with Crippen molar-refractivity contribution in [2.75, 3.05) is 20.8 Å². The van der Waals surface area contributed by atoms with Crippen LogP contribution in [-0.2, 0) is 15.9 Å². The van der Waals surface area contributed by atoms with Gasteiger partial charge >= 0.3 is 0 Å². The van der Waals surface area contributed by atoms with Crippen molar-refractivity contribution in [3.05, 3.63) is 23.8 Å². The molecule has 0 radical (unpaired) electrons. The van der Waals surface area contributed by atoms with E-state index in [-0.39, 0.29) is 6.10 Å². The summed E-state index contributed by atoms with van der Waals surface area (Å²) in [5.41, 5.74) is 1.17. The highest BCUT2D eigenvalue weighted by Crippen LogP contribution is 2.28. The summed E-state index contributed by atoms with van der Waals surface area (Å²) in [6.07, 6.45) is 3.17. The topological polar surface area (TPSA) is 36.9 Å². The maximum Gasteiger partial charge on any atom is 0.163 e. The van der Waals surface area contributed by atoms with Crippen LogP contribution in [-0.4, -0.2) is 32.7 Å². The first-order valence-corrected chi connectivity index (χ1v) is 7.07. The lowest BCUT2D eigenvalue weighted by Gasteiger charge is -2.17. The number of hydrogen-bond acceptors (Lipinski definition) is 4. The summed E-state index contributed by atoms with van der Waals surface area (Å²) >= 11 is 0.